The molecule has 0 bridgehead atoms. The highest BCUT2D eigenvalue weighted by molar-refractivity contribution is 6.31. The predicted molar refractivity (Wildman–Crippen MR) is 72.9 cm³/mol. The second-order valence-corrected chi connectivity index (χ2v) is 4.36. The van der Waals surface area contributed by atoms with Crippen molar-refractivity contribution in [2.75, 3.05) is 0 Å². The summed E-state index contributed by atoms with van der Waals surface area (Å²) in [6, 6.07) is 8.45. The van der Waals surface area contributed by atoms with E-state index in [0.717, 1.165) is 5.56 Å². The second kappa shape index (κ2) is 6.26. The molecule has 6 heteroatoms. The van der Waals surface area contributed by atoms with Crippen LogP contribution in [0.3, 0.4) is 0 Å². The number of rotatable bonds is 5. The van der Waals surface area contributed by atoms with E-state index in [1.165, 1.54) is 6.07 Å². The van der Waals surface area contributed by atoms with Gasteiger partial charge in [-0.15, -0.1) is 0 Å². The van der Waals surface area contributed by atoms with E-state index >= 15 is 0 Å². The average molecular weight is 278 g/mol. The van der Waals surface area contributed by atoms with E-state index in [-0.39, 0.29) is 5.69 Å². The van der Waals surface area contributed by atoms with Crippen LogP contribution in [0, 0.1) is 10.1 Å². The molecule has 1 aromatic heterocycles. The summed E-state index contributed by atoms with van der Waals surface area (Å²) < 4.78 is 0. The Bertz CT molecular complexity index is 575. The number of benzene rings is 1. The maximum absolute atomic E-state index is 10.9. The smallest absolute Gasteiger partial charge is 0.275 e. The molecule has 0 unspecified atom stereocenters. The van der Waals surface area contributed by atoms with Gasteiger partial charge < -0.3 is 5.32 Å². The zero-order valence-corrected chi connectivity index (χ0v) is 10.8. The predicted octanol–water partition coefficient (Wildman–Crippen LogP) is 2.93. The van der Waals surface area contributed by atoms with E-state index in [2.05, 4.69) is 10.3 Å². The maximum Gasteiger partial charge on any atom is 0.275 e. The van der Waals surface area contributed by atoms with Gasteiger partial charge in [-0.25, -0.2) is 0 Å². The van der Waals surface area contributed by atoms with Gasteiger partial charge in [0.2, 0.25) is 0 Å². The number of nitrogens with zero attached hydrogens (tertiary/aromatic N) is 2. The summed E-state index contributed by atoms with van der Waals surface area (Å²) in [5, 5.41) is 14.5. The number of aromatic nitrogens is 1. The van der Waals surface area contributed by atoms with Gasteiger partial charge in [-0.2, -0.15) is 0 Å². The molecule has 5 nitrogen and oxygen atoms in total. The lowest BCUT2D eigenvalue weighted by atomic mass is 10.1. The third-order valence-electron chi connectivity index (χ3n) is 2.67. The first-order chi connectivity index (χ1) is 9.18. The number of hydrogen-bond donors (Lipinski definition) is 1. The number of nitro benzene ring substituents is 1. The second-order valence-electron chi connectivity index (χ2n) is 3.95. The highest BCUT2D eigenvalue weighted by Gasteiger charge is 2.15. The topological polar surface area (TPSA) is 68.1 Å². The molecule has 0 saturated heterocycles. The normalized spacial score (nSPS) is 10.4. The van der Waals surface area contributed by atoms with Gasteiger partial charge in [-0.3, -0.25) is 15.1 Å². The average Bonchev–Trinajstić information content (AvgIpc) is 2.41. The third-order valence-corrected chi connectivity index (χ3v) is 3.03. The molecule has 0 fully saturated rings. The first-order valence-electron chi connectivity index (χ1n) is 5.70. The molecule has 19 heavy (non-hydrogen) atoms. The van der Waals surface area contributed by atoms with Crippen LogP contribution in [0.5, 0.6) is 0 Å². The Hall–Kier alpha value is -1.98. The molecule has 1 N–H and O–H groups in total. The zero-order valence-electron chi connectivity index (χ0n) is 10.0. The van der Waals surface area contributed by atoms with Crippen molar-refractivity contribution in [3.63, 3.8) is 0 Å². The largest absolute Gasteiger partial charge is 0.308 e. The van der Waals surface area contributed by atoms with Gasteiger partial charge in [-0.1, -0.05) is 17.7 Å². The van der Waals surface area contributed by atoms with Crippen LogP contribution in [0.4, 0.5) is 5.69 Å². The van der Waals surface area contributed by atoms with Crippen LogP contribution in [0.15, 0.2) is 42.7 Å². The van der Waals surface area contributed by atoms with E-state index in [4.69, 9.17) is 11.6 Å². The molecule has 0 atom stereocenters. The van der Waals surface area contributed by atoms with Crippen molar-refractivity contribution in [3.8, 4) is 0 Å². The maximum atomic E-state index is 10.9. The van der Waals surface area contributed by atoms with Crippen molar-refractivity contribution in [1.82, 2.24) is 10.3 Å². The summed E-state index contributed by atoms with van der Waals surface area (Å²) in [6.07, 6.45) is 3.41. The van der Waals surface area contributed by atoms with Gasteiger partial charge in [0.05, 0.1) is 15.5 Å². The number of nitro groups is 1. The van der Waals surface area contributed by atoms with Crippen molar-refractivity contribution in [1.29, 1.82) is 0 Å². The van der Waals surface area contributed by atoms with Crippen LogP contribution in [-0.4, -0.2) is 9.91 Å². The minimum absolute atomic E-state index is 0.0368. The fourth-order valence-electron chi connectivity index (χ4n) is 1.73. The number of pyridine rings is 1. The summed E-state index contributed by atoms with van der Waals surface area (Å²) in [5.74, 6) is 0. The highest BCUT2D eigenvalue weighted by atomic mass is 35.5. The number of halogens is 1. The van der Waals surface area contributed by atoms with E-state index in [0.29, 0.717) is 23.7 Å². The Morgan fingerprint density at radius 1 is 1.21 bits per heavy atom. The van der Waals surface area contributed by atoms with Gasteiger partial charge in [0.15, 0.2) is 0 Å². The van der Waals surface area contributed by atoms with Gasteiger partial charge in [-0.05, 0) is 23.8 Å². The molecule has 0 saturated carbocycles. The lowest BCUT2D eigenvalue weighted by Gasteiger charge is -2.07. The Balaban J connectivity index is 2.05. The molecule has 98 valence electrons. The fraction of sp³-hybridized carbons (Fsp3) is 0.154. The van der Waals surface area contributed by atoms with Crippen molar-refractivity contribution < 1.29 is 4.92 Å². The standard InChI is InChI=1S/C13H12ClN3O2/c14-12-2-1-3-13(17(18)19)11(12)9-16-8-10-4-6-15-7-5-10/h1-7,16H,8-9H2. The van der Waals surface area contributed by atoms with Crippen molar-refractivity contribution in [3.05, 3.63) is 69.0 Å². The summed E-state index contributed by atoms with van der Waals surface area (Å²) in [6.45, 7) is 0.948. The first-order valence-corrected chi connectivity index (χ1v) is 6.07. The van der Waals surface area contributed by atoms with Gasteiger partial charge in [0.1, 0.15) is 0 Å². The van der Waals surface area contributed by atoms with Crippen molar-refractivity contribution in [2.45, 2.75) is 13.1 Å². The molecule has 2 aromatic rings. The molecule has 0 spiro atoms. The molecule has 0 aliphatic rings. The van der Waals surface area contributed by atoms with Gasteiger partial charge in [0.25, 0.3) is 5.69 Å². The minimum atomic E-state index is -0.421. The summed E-state index contributed by atoms with van der Waals surface area (Å²) >= 11 is 6.00. The molecule has 0 aliphatic carbocycles. The SMILES string of the molecule is O=[N+]([O-])c1cccc(Cl)c1CNCc1ccncc1. The number of nitrogens with one attached hydrogen (secondary N) is 1. The lowest BCUT2D eigenvalue weighted by molar-refractivity contribution is -0.385. The minimum Gasteiger partial charge on any atom is -0.308 e. The fourth-order valence-corrected chi connectivity index (χ4v) is 1.96. The Kier molecular flexibility index (Phi) is 4.43. The van der Waals surface area contributed by atoms with E-state index < -0.39 is 4.92 Å². The molecule has 0 amide bonds. The molecular formula is C13H12ClN3O2. The molecule has 1 aromatic carbocycles. The summed E-state index contributed by atoms with van der Waals surface area (Å²) in [5.41, 5.74) is 1.60. The molecular weight excluding hydrogens is 266 g/mol. The molecule has 0 radical (unpaired) electrons. The Morgan fingerprint density at radius 3 is 2.63 bits per heavy atom. The summed E-state index contributed by atoms with van der Waals surface area (Å²) in [4.78, 5) is 14.4. The van der Waals surface area contributed by atoms with E-state index in [1.54, 1.807) is 24.5 Å². The van der Waals surface area contributed by atoms with Gasteiger partial charge >= 0.3 is 0 Å². The van der Waals surface area contributed by atoms with Crippen molar-refractivity contribution in [2.24, 2.45) is 0 Å². The van der Waals surface area contributed by atoms with E-state index in [1.807, 2.05) is 12.1 Å². The van der Waals surface area contributed by atoms with E-state index in [9.17, 15) is 10.1 Å². The van der Waals surface area contributed by atoms with Gasteiger partial charge in [0, 0.05) is 31.5 Å². The monoisotopic (exact) mass is 277 g/mol. The van der Waals surface area contributed by atoms with Crippen molar-refractivity contribution >= 4 is 17.3 Å². The van der Waals surface area contributed by atoms with Crippen LogP contribution < -0.4 is 5.32 Å². The molecule has 2 rings (SSSR count). The Morgan fingerprint density at radius 2 is 1.95 bits per heavy atom. The Labute approximate surface area is 115 Å². The summed E-state index contributed by atoms with van der Waals surface area (Å²) in [7, 11) is 0. The van der Waals surface area contributed by atoms with Crippen LogP contribution in [0.25, 0.3) is 0 Å². The highest BCUT2D eigenvalue weighted by Crippen LogP contribution is 2.25. The first kappa shape index (κ1) is 13.5. The third kappa shape index (κ3) is 3.49. The quantitative estimate of drug-likeness (QED) is 0.674. The van der Waals surface area contributed by atoms with Crippen LogP contribution in [0.2, 0.25) is 5.02 Å². The molecule has 0 aliphatic heterocycles. The number of hydrogen-bond acceptors (Lipinski definition) is 4. The molecule has 1 heterocycles. The van der Waals surface area contributed by atoms with Crippen LogP contribution in [-0.2, 0) is 13.1 Å². The lowest BCUT2D eigenvalue weighted by Crippen LogP contribution is -2.14. The van der Waals surface area contributed by atoms with Crippen LogP contribution >= 0.6 is 11.6 Å². The van der Waals surface area contributed by atoms with Crippen LogP contribution in [0.1, 0.15) is 11.1 Å². The zero-order chi connectivity index (χ0) is 13.7.